The van der Waals surface area contributed by atoms with Crippen LogP contribution in [0, 0.1) is 13.8 Å². The lowest BCUT2D eigenvalue weighted by Crippen LogP contribution is -2.34. The predicted octanol–water partition coefficient (Wildman–Crippen LogP) is 4.21. The summed E-state index contributed by atoms with van der Waals surface area (Å²) in [6, 6.07) is 14.2. The van der Waals surface area contributed by atoms with Crippen LogP contribution in [-0.4, -0.2) is 31.4 Å². The zero-order valence-electron chi connectivity index (χ0n) is 18.3. The van der Waals surface area contributed by atoms with Gasteiger partial charge in [0.25, 0.3) is 0 Å². The monoisotopic (exact) mass is 395 g/mol. The molecule has 0 heterocycles. The van der Waals surface area contributed by atoms with Gasteiger partial charge >= 0.3 is 0 Å². The quantitative estimate of drug-likeness (QED) is 0.692. The molecule has 2 rings (SSSR count). The highest BCUT2D eigenvalue weighted by atomic mass is 16.2. The van der Waals surface area contributed by atoms with Crippen LogP contribution in [0.4, 0.5) is 11.4 Å². The molecular weight excluding hydrogens is 362 g/mol. The standard InChI is InChI=1S/C24H33N3O2/c1-6-26(7-2)22-11-12-23(19(4)16-22)27(20(5)28)14-13-24(29)25-17-21-10-8-9-18(3)15-21/h8-12,15-16H,6-7,13-14,17H2,1-5H3,(H,25,29). The van der Waals surface area contributed by atoms with Gasteiger partial charge in [-0.15, -0.1) is 0 Å². The number of aryl methyl sites for hydroxylation is 2. The largest absolute Gasteiger partial charge is 0.372 e. The Labute approximate surface area is 174 Å². The summed E-state index contributed by atoms with van der Waals surface area (Å²) in [5.74, 6) is -0.120. The Morgan fingerprint density at radius 2 is 1.72 bits per heavy atom. The minimum atomic E-state index is -0.0600. The van der Waals surface area contributed by atoms with Crippen LogP contribution in [0.3, 0.4) is 0 Å². The van der Waals surface area contributed by atoms with Crippen LogP contribution in [0.2, 0.25) is 0 Å². The van der Waals surface area contributed by atoms with E-state index < -0.39 is 0 Å². The molecule has 0 fully saturated rings. The highest BCUT2D eigenvalue weighted by Crippen LogP contribution is 2.26. The van der Waals surface area contributed by atoms with Gasteiger partial charge < -0.3 is 15.1 Å². The average Bonchev–Trinajstić information content (AvgIpc) is 2.68. The molecule has 0 saturated carbocycles. The molecule has 2 amide bonds. The zero-order valence-corrected chi connectivity index (χ0v) is 18.3. The van der Waals surface area contributed by atoms with E-state index >= 15 is 0 Å². The molecule has 5 nitrogen and oxygen atoms in total. The summed E-state index contributed by atoms with van der Waals surface area (Å²) in [5, 5.41) is 2.94. The fourth-order valence-corrected chi connectivity index (χ4v) is 3.50. The van der Waals surface area contributed by atoms with Gasteiger partial charge in [-0.05, 0) is 57.0 Å². The average molecular weight is 396 g/mol. The van der Waals surface area contributed by atoms with Crippen LogP contribution < -0.4 is 15.1 Å². The maximum Gasteiger partial charge on any atom is 0.223 e. The van der Waals surface area contributed by atoms with Crippen molar-refractivity contribution in [2.24, 2.45) is 0 Å². The summed E-state index contributed by atoms with van der Waals surface area (Å²) in [5.41, 5.74) is 5.29. The summed E-state index contributed by atoms with van der Waals surface area (Å²) in [6.45, 7) is 12.6. The molecule has 0 radical (unpaired) electrons. The van der Waals surface area contributed by atoms with E-state index in [0.29, 0.717) is 13.1 Å². The molecule has 0 aliphatic carbocycles. The molecule has 0 unspecified atom stereocenters. The topological polar surface area (TPSA) is 52.6 Å². The second-order valence-electron chi connectivity index (χ2n) is 7.33. The normalized spacial score (nSPS) is 10.5. The highest BCUT2D eigenvalue weighted by Gasteiger charge is 2.16. The summed E-state index contributed by atoms with van der Waals surface area (Å²) in [7, 11) is 0. The smallest absolute Gasteiger partial charge is 0.223 e. The van der Waals surface area contributed by atoms with Gasteiger partial charge in [0.15, 0.2) is 0 Å². The van der Waals surface area contributed by atoms with Gasteiger partial charge in [0.05, 0.1) is 0 Å². The molecule has 0 saturated heterocycles. The van der Waals surface area contributed by atoms with E-state index in [-0.39, 0.29) is 18.2 Å². The number of carbonyl (C=O) groups excluding carboxylic acids is 2. The highest BCUT2D eigenvalue weighted by molar-refractivity contribution is 5.93. The van der Waals surface area contributed by atoms with Crippen molar-refractivity contribution in [1.82, 2.24) is 5.32 Å². The van der Waals surface area contributed by atoms with Gasteiger partial charge in [-0.1, -0.05) is 29.8 Å². The van der Waals surface area contributed by atoms with Crippen molar-refractivity contribution >= 4 is 23.2 Å². The van der Waals surface area contributed by atoms with Crippen molar-refractivity contribution in [2.75, 3.05) is 29.4 Å². The van der Waals surface area contributed by atoms with Crippen molar-refractivity contribution < 1.29 is 9.59 Å². The summed E-state index contributed by atoms with van der Waals surface area (Å²) < 4.78 is 0. The molecule has 0 aliphatic rings. The molecule has 0 aromatic heterocycles. The van der Waals surface area contributed by atoms with Crippen molar-refractivity contribution in [3.05, 3.63) is 59.2 Å². The molecule has 156 valence electrons. The molecular formula is C24H33N3O2. The summed E-state index contributed by atoms with van der Waals surface area (Å²) in [4.78, 5) is 28.5. The third-order valence-corrected chi connectivity index (χ3v) is 5.11. The number of benzene rings is 2. The number of amides is 2. The first-order valence-corrected chi connectivity index (χ1v) is 10.3. The number of hydrogen-bond donors (Lipinski definition) is 1. The molecule has 0 atom stereocenters. The van der Waals surface area contributed by atoms with Gasteiger partial charge in [0, 0.05) is 50.9 Å². The van der Waals surface area contributed by atoms with E-state index in [9.17, 15) is 9.59 Å². The van der Waals surface area contributed by atoms with Crippen molar-refractivity contribution in [3.8, 4) is 0 Å². The van der Waals surface area contributed by atoms with Crippen LogP contribution in [0.15, 0.2) is 42.5 Å². The minimum Gasteiger partial charge on any atom is -0.372 e. The molecule has 0 aliphatic heterocycles. The maximum atomic E-state index is 12.3. The van der Waals surface area contributed by atoms with Crippen molar-refractivity contribution in [3.63, 3.8) is 0 Å². The third kappa shape index (κ3) is 6.34. The van der Waals surface area contributed by atoms with Gasteiger partial charge in [-0.25, -0.2) is 0 Å². The number of nitrogens with zero attached hydrogens (tertiary/aromatic N) is 2. The Bertz CT molecular complexity index is 844. The van der Waals surface area contributed by atoms with Crippen LogP contribution in [-0.2, 0) is 16.1 Å². The van der Waals surface area contributed by atoms with Gasteiger partial charge in [-0.2, -0.15) is 0 Å². The Hall–Kier alpha value is -2.82. The molecule has 5 heteroatoms. The number of anilines is 2. The summed E-state index contributed by atoms with van der Waals surface area (Å²) >= 11 is 0. The van der Waals surface area contributed by atoms with Crippen LogP contribution >= 0.6 is 0 Å². The van der Waals surface area contributed by atoms with Crippen molar-refractivity contribution in [2.45, 2.75) is 47.6 Å². The molecule has 2 aromatic carbocycles. The Balaban J connectivity index is 2.01. The first-order chi connectivity index (χ1) is 13.8. The van der Waals surface area contributed by atoms with Gasteiger partial charge in [0.1, 0.15) is 0 Å². The Kier molecular flexibility index (Phi) is 8.25. The van der Waals surface area contributed by atoms with Crippen molar-refractivity contribution in [1.29, 1.82) is 0 Å². The number of carbonyl (C=O) groups is 2. The maximum absolute atomic E-state index is 12.3. The van der Waals surface area contributed by atoms with Crippen LogP contribution in [0.25, 0.3) is 0 Å². The SMILES string of the molecule is CCN(CC)c1ccc(N(CCC(=O)NCc2cccc(C)c2)C(C)=O)c(C)c1. The molecule has 2 aromatic rings. The van der Waals surface area contributed by atoms with E-state index in [4.69, 9.17) is 0 Å². The molecule has 0 spiro atoms. The molecule has 1 N–H and O–H groups in total. The van der Waals surface area contributed by atoms with E-state index in [0.717, 1.165) is 35.6 Å². The van der Waals surface area contributed by atoms with Crippen LogP contribution in [0.1, 0.15) is 43.9 Å². The van der Waals surface area contributed by atoms with Crippen LogP contribution in [0.5, 0.6) is 0 Å². The van der Waals surface area contributed by atoms with Gasteiger partial charge in [0.2, 0.25) is 11.8 Å². The summed E-state index contributed by atoms with van der Waals surface area (Å²) in [6.07, 6.45) is 0.267. The lowest BCUT2D eigenvalue weighted by atomic mass is 10.1. The minimum absolute atomic E-state index is 0.0600. The second kappa shape index (κ2) is 10.6. The molecule has 0 bridgehead atoms. The second-order valence-corrected chi connectivity index (χ2v) is 7.33. The fraction of sp³-hybridized carbons (Fsp3) is 0.417. The van der Waals surface area contributed by atoms with E-state index in [1.54, 1.807) is 11.8 Å². The Morgan fingerprint density at radius 3 is 2.31 bits per heavy atom. The van der Waals surface area contributed by atoms with Gasteiger partial charge in [-0.3, -0.25) is 9.59 Å². The fourth-order valence-electron chi connectivity index (χ4n) is 3.50. The number of rotatable bonds is 9. The predicted molar refractivity (Wildman–Crippen MR) is 120 cm³/mol. The first-order valence-electron chi connectivity index (χ1n) is 10.3. The lowest BCUT2D eigenvalue weighted by Gasteiger charge is -2.26. The van der Waals surface area contributed by atoms with E-state index in [1.165, 1.54) is 5.56 Å². The van der Waals surface area contributed by atoms with E-state index in [1.807, 2.05) is 44.2 Å². The zero-order chi connectivity index (χ0) is 21.4. The first kappa shape index (κ1) is 22.5. The van der Waals surface area contributed by atoms with E-state index in [2.05, 4.69) is 36.2 Å². The number of nitrogens with one attached hydrogen (secondary N) is 1. The Morgan fingerprint density at radius 1 is 1.00 bits per heavy atom. The lowest BCUT2D eigenvalue weighted by molar-refractivity contribution is -0.121. The number of hydrogen-bond acceptors (Lipinski definition) is 3. The molecule has 29 heavy (non-hydrogen) atoms. The third-order valence-electron chi connectivity index (χ3n) is 5.11.